The first-order valence-corrected chi connectivity index (χ1v) is 9.94. The van der Waals surface area contributed by atoms with Crippen LogP contribution in [0.2, 0.25) is 0 Å². The largest absolute Gasteiger partial charge is 0.493 e. The van der Waals surface area contributed by atoms with E-state index in [9.17, 15) is 13.2 Å². The zero-order chi connectivity index (χ0) is 22.8. The molecule has 0 saturated heterocycles. The normalized spacial score (nSPS) is 13.5. The van der Waals surface area contributed by atoms with Gasteiger partial charge in [0.1, 0.15) is 18.2 Å². The molecule has 0 saturated carbocycles. The van der Waals surface area contributed by atoms with Gasteiger partial charge in [0, 0.05) is 24.4 Å². The second-order valence-corrected chi connectivity index (χ2v) is 8.49. The van der Waals surface area contributed by atoms with Crippen LogP contribution < -0.4 is 10.5 Å². The number of aromatic amines is 1. The quantitative estimate of drug-likeness (QED) is 0.523. The fraction of sp³-hybridized carbons (Fsp3) is 0.455. The van der Waals surface area contributed by atoms with E-state index in [1.54, 1.807) is 12.1 Å². The smallest absolute Gasteiger partial charge is 0.419 e. The Morgan fingerprint density at radius 1 is 1.19 bits per heavy atom. The molecule has 3 aromatic rings. The summed E-state index contributed by atoms with van der Waals surface area (Å²) in [6.07, 6.45) is -2.42. The van der Waals surface area contributed by atoms with Gasteiger partial charge in [-0.2, -0.15) is 13.2 Å². The Kier molecular flexibility index (Phi) is 6.56. The highest BCUT2D eigenvalue weighted by atomic mass is 19.4. The van der Waals surface area contributed by atoms with Gasteiger partial charge < -0.3 is 20.2 Å². The maximum atomic E-state index is 13.8. The Labute approximate surface area is 179 Å². The molecule has 2 aromatic heterocycles. The molecular formula is C22H27F3N4O2. The average molecular weight is 436 g/mol. The number of hydrogen-bond acceptors (Lipinski definition) is 5. The summed E-state index contributed by atoms with van der Waals surface area (Å²) in [7, 11) is 1.53. The van der Waals surface area contributed by atoms with Crippen molar-refractivity contribution in [3.8, 4) is 16.9 Å². The lowest BCUT2D eigenvalue weighted by Gasteiger charge is -2.24. The average Bonchev–Trinajstić information content (AvgIpc) is 3.07. The van der Waals surface area contributed by atoms with Gasteiger partial charge in [-0.1, -0.05) is 13.0 Å². The molecule has 31 heavy (non-hydrogen) atoms. The van der Waals surface area contributed by atoms with E-state index in [0.717, 1.165) is 6.07 Å². The number of pyridine rings is 1. The van der Waals surface area contributed by atoms with E-state index in [0.29, 0.717) is 34.5 Å². The number of H-pyrrole nitrogens is 1. The van der Waals surface area contributed by atoms with Gasteiger partial charge in [-0.3, -0.25) is 0 Å². The highest BCUT2D eigenvalue weighted by molar-refractivity contribution is 5.90. The van der Waals surface area contributed by atoms with Crippen LogP contribution in [0.15, 0.2) is 30.5 Å². The van der Waals surface area contributed by atoms with Crippen LogP contribution in [0, 0.1) is 5.92 Å². The Balaban J connectivity index is 1.94. The van der Waals surface area contributed by atoms with Gasteiger partial charge in [0.25, 0.3) is 0 Å². The molecule has 0 aliphatic rings. The molecule has 0 unspecified atom stereocenters. The number of methoxy groups -OCH3 is 1. The standard InChI is InChI=1S/C22H27F3N4O2/c1-13(10-21(2,3)26)11-31-17-6-5-14(9-16(17)22(23,24)25)15-7-8-27-20-19(15)28-18(29-20)12-30-4/h5-9,13H,10-12,26H2,1-4H3,(H,27,28,29)/t13-/m0/s1. The highest BCUT2D eigenvalue weighted by Gasteiger charge is 2.35. The van der Waals surface area contributed by atoms with Crippen molar-refractivity contribution in [3.63, 3.8) is 0 Å². The van der Waals surface area contributed by atoms with E-state index in [1.165, 1.54) is 19.4 Å². The first kappa shape index (κ1) is 23.0. The summed E-state index contributed by atoms with van der Waals surface area (Å²) in [5.41, 5.74) is 6.67. The number of hydrogen-bond donors (Lipinski definition) is 2. The molecule has 9 heteroatoms. The third-order valence-corrected chi connectivity index (χ3v) is 4.72. The summed E-state index contributed by atoms with van der Waals surface area (Å²) in [6, 6.07) is 5.71. The lowest BCUT2D eigenvalue weighted by atomic mass is 9.93. The van der Waals surface area contributed by atoms with Crippen molar-refractivity contribution >= 4 is 11.2 Å². The van der Waals surface area contributed by atoms with Crippen molar-refractivity contribution in [2.24, 2.45) is 11.7 Å². The molecule has 0 bridgehead atoms. The number of aromatic nitrogens is 3. The molecular weight excluding hydrogens is 409 g/mol. The molecule has 3 N–H and O–H groups in total. The monoisotopic (exact) mass is 436 g/mol. The van der Waals surface area contributed by atoms with Crippen LogP contribution in [0.3, 0.4) is 0 Å². The van der Waals surface area contributed by atoms with Crippen molar-refractivity contribution in [1.29, 1.82) is 0 Å². The molecule has 3 rings (SSSR count). The molecule has 1 atom stereocenters. The van der Waals surface area contributed by atoms with Crippen LogP contribution in [-0.4, -0.2) is 34.2 Å². The molecule has 0 fully saturated rings. The summed E-state index contributed by atoms with van der Waals surface area (Å²) < 4.78 is 52.1. The Bertz CT molecular complexity index is 1040. The number of fused-ring (bicyclic) bond motifs is 1. The van der Waals surface area contributed by atoms with Crippen LogP contribution in [0.4, 0.5) is 13.2 Å². The molecule has 1 aromatic carbocycles. The number of halogens is 3. The van der Waals surface area contributed by atoms with Crippen molar-refractivity contribution in [2.45, 2.75) is 45.5 Å². The number of ether oxygens (including phenoxy) is 2. The fourth-order valence-electron chi connectivity index (χ4n) is 3.64. The van der Waals surface area contributed by atoms with Gasteiger partial charge in [0.15, 0.2) is 5.65 Å². The maximum absolute atomic E-state index is 13.8. The summed E-state index contributed by atoms with van der Waals surface area (Å²) in [4.78, 5) is 11.6. The molecule has 2 heterocycles. The molecule has 168 valence electrons. The van der Waals surface area contributed by atoms with Crippen LogP contribution in [-0.2, 0) is 17.5 Å². The first-order chi connectivity index (χ1) is 14.5. The Morgan fingerprint density at radius 2 is 1.94 bits per heavy atom. The Hall–Kier alpha value is -2.65. The molecule has 0 aliphatic heterocycles. The van der Waals surface area contributed by atoms with E-state index < -0.39 is 17.3 Å². The minimum Gasteiger partial charge on any atom is -0.493 e. The SMILES string of the molecule is COCc1nc2nccc(-c3ccc(OC[C@@H](C)CC(C)(C)N)c(C(F)(F)F)c3)c2[nH]1. The summed E-state index contributed by atoms with van der Waals surface area (Å²) in [5, 5.41) is 0. The zero-order valence-electron chi connectivity index (χ0n) is 18.0. The van der Waals surface area contributed by atoms with Gasteiger partial charge in [-0.05, 0) is 49.9 Å². The maximum Gasteiger partial charge on any atom is 0.419 e. The second kappa shape index (κ2) is 8.84. The van der Waals surface area contributed by atoms with Gasteiger partial charge in [0.05, 0.1) is 17.7 Å². The molecule has 0 aliphatic carbocycles. The predicted octanol–water partition coefficient (Wildman–Crippen LogP) is 4.93. The van der Waals surface area contributed by atoms with E-state index in [1.807, 2.05) is 20.8 Å². The summed E-state index contributed by atoms with van der Waals surface area (Å²) in [6.45, 7) is 6.04. The van der Waals surface area contributed by atoms with Gasteiger partial charge >= 0.3 is 6.18 Å². The van der Waals surface area contributed by atoms with Gasteiger partial charge in [0.2, 0.25) is 0 Å². The van der Waals surface area contributed by atoms with E-state index in [-0.39, 0.29) is 24.9 Å². The fourth-order valence-corrected chi connectivity index (χ4v) is 3.64. The Morgan fingerprint density at radius 3 is 2.58 bits per heavy atom. The lowest BCUT2D eigenvalue weighted by Crippen LogP contribution is -2.35. The minimum atomic E-state index is -4.57. The van der Waals surface area contributed by atoms with Gasteiger partial charge in [-0.15, -0.1) is 0 Å². The number of imidazole rings is 1. The van der Waals surface area contributed by atoms with Crippen LogP contribution in [0.25, 0.3) is 22.3 Å². The highest BCUT2D eigenvalue weighted by Crippen LogP contribution is 2.40. The van der Waals surface area contributed by atoms with Crippen molar-refractivity contribution < 1.29 is 22.6 Å². The summed E-state index contributed by atoms with van der Waals surface area (Å²) >= 11 is 0. The number of nitrogens with zero attached hydrogens (tertiary/aromatic N) is 2. The summed E-state index contributed by atoms with van der Waals surface area (Å²) in [5.74, 6) is 0.350. The van der Waals surface area contributed by atoms with Crippen molar-refractivity contribution in [3.05, 3.63) is 41.9 Å². The number of rotatable bonds is 8. The van der Waals surface area contributed by atoms with E-state index in [4.69, 9.17) is 15.2 Å². The zero-order valence-corrected chi connectivity index (χ0v) is 18.0. The van der Waals surface area contributed by atoms with Crippen LogP contribution in [0.1, 0.15) is 38.6 Å². The van der Waals surface area contributed by atoms with Crippen LogP contribution in [0.5, 0.6) is 5.75 Å². The van der Waals surface area contributed by atoms with E-state index in [2.05, 4.69) is 15.0 Å². The van der Waals surface area contributed by atoms with Crippen molar-refractivity contribution in [2.75, 3.05) is 13.7 Å². The number of benzene rings is 1. The first-order valence-electron chi connectivity index (χ1n) is 9.94. The van der Waals surface area contributed by atoms with E-state index >= 15 is 0 Å². The van der Waals surface area contributed by atoms with Crippen molar-refractivity contribution in [1.82, 2.24) is 15.0 Å². The number of nitrogens with two attached hydrogens (primary N) is 1. The molecule has 6 nitrogen and oxygen atoms in total. The van der Waals surface area contributed by atoms with Crippen LogP contribution >= 0.6 is 0 Å². The second-order valence-electron chi connectivity index (χ2n) is 8.49. The third kappa shape index (κ3) is 5.74. The molecule has 0 radical (unpaired) electrons. The lowest BCUT2D eigenvalue weighted by molar-refractivity contribution is -0.139. The number of nitrogens with one attached hydrogen (secondary N) is 1. The predicted molar refractivity (Wildman–Crippen MR) is 113 cm³/mol. The minimum absolute atomic E-state index is 0.00443. The molecule has 0 amide bonds. The third-order valence-electron chi connectivity index (χ3n) is 4.72. The van der Waals surface area contributed by atoms with Gasteiger partial charge in [-0.25, -0.2) is 9.97 Å². The topological polar surface area (TPSA) is 86.1 Å². The molecule has 0 spiro atoms. The number of alkyl halides is 3.